The number of carbonyl (C=O) groups is 1. The summed E-state index contributed by atoms with van der Waals surface area (Å²) in [7, 11) is 0. The topological polar surface area (TPSA) is 88.3 Å². The van der Waals surface area contributed by atoms with Gasteiger partial charge in [-0.15, -0.1) is 10.2 Å². The molecule has 0 aliphatic carbocycles. The molecule has 0 spiro atoms. The highest BCUT2D eigenvalue weighted by Gasteiger charge is 2.22. The number of nitrogens with zero attached hydrogens (tertiary/aromatic N) is 6. The Morgan fingerprint density at radius 3 is 2.63 bits per heavy atom. The van der Waals surface area contributed by atoms with Crippen LogP contribution in [0.5, 0.6) is 0 Å². The summed E-state index contributed by atoms with van der Waals surface area (Å²) in [6.45, 7) is 2.81. The summed E-state index contributed by atoms with van der Waals surface area (Å²) in [5.41, 5.74) is 0.864. The lowest BCUT2D eigenvalue weighted by Crippen LogP contribution is -2.49. The molecule has 3 aromatic rings. The summed E-state index contributed by atoms with van der Waals surface area (Å²) in [5.74, 6) is 1.65. The maximum atomic E-state index is 12.5. The third-order valence-electron chi connectivity index (χ3n) is 4.25. The van der Waals surface area contributed by atoms with Gasteiger partial charge in [-0.2, -0.15) is 0 Å². The van der Waals surface area contributed by atoms with Crippen molar-refractivity contribution in [3.05, 3.63) is 48.9 Å². The van der Waals surface area contributed by atoms with E-state index in [0.29, 0.717) is 24.2 Å². The first-order valence-corrected chi connectivity index (χ1v) is 9.58. The summed E-state index contributed by atoms with van der Waals surface area (Å²) in [5, 5.41) is 8.46. The van der Waals surface area contributed by atoms with E-state index in [1.807, 2.05) is 35.2 Å². The smallest absolute Gasteiger partial charge is 0.277 e. The van der Waals surface area contributed by atoms with E-state index in [1.165, 1.54) is 11.8 Å². The number of piperazine rings is 1. The highest BCUT2D eigenvalue weighted by Crippen LogP contribution is 2.23. The van der Waals surface area contributed by atoms with Gasteiger partial charge in [-0.3, -0.25) is 9.78 Å². The fourth-order valence-corrected chi connectivity index (χ4v) is 3.49. The fourth-order valence-electron chi connectivity index (χ4n) is 2.82. The molecule has 2 aromatic heterocycles. The summed E-state index contributed by atoms with van der Waals surface area (Å²) in [6.07, 6.45) is 5.08. The zero-order valence-electron chi connectivity index (χ0n) is 14.6. The van der Waals surface area contributed by atoms with Crippen molar-refractivity contribution in [1.82, 2.24) is 25.1 Å². The van der Waals surface area contributed by atoms with Crippen LogP contribution in [-0.2, 0) is 4.79 Å². The molecule has 0 saturated carbocycles. The van der Waals surface area contributed by atoms with Crippen molar-refractivity contribution in [2.75, 3.05) is 36.8 Å². The Hall–Kier alpha value is -2.94. The van der Waals surface area contributed by atoms with Crippen molar-refractivity contribution in [3.8, 4) is 11.5 Å². The van der Waals surface area contributed by atoms with E-state index in [9.17, 15) is 4.79 Å². The molecule has 1 amide bonds. The zero-order valence-corrected chi connectivity index (χ0v) is 15.4. The van der Waals surface area contributed by atoms with Gasteiger partial charge in [0.2, 0.25) is 11.8 Å². The molecule has 3 heterocycles. The number of aromatic nitrogens is 4. The molecule has 0 unspecified atom stereocenters. The van der Waals surface area contributed by atoms with E-state index >= 15 is 0 Å². The average Bonchev–Trinajstić information content (AvgIpc) is 3.22. The number of rotatable bonds is 5. The summed E-state index contributed by atoms with van der Waals surface area (Å²) in [4.78, 5) is 24.8. The van der Waals surface area contributed by atoms with Gasteiger partial charge in [0, 0.05) is 44.1 Å². The number of anilines is 1. The molecule has 1 saturated heterocycles. The SMILES string of the molecule is O=C(CSc1nnc(-c2ccccc2)o1)N1CCN(c2cnccn2)CC1. The molecule has 27 heavy (non-hydrogen) atoms. The van der Waals surface area contributed by atoms with Crippen LogP contribution in [0.3, 0.4) is 0 Å². The molecule has 0 bridgehead atoms. The van der Waals surface area contributed by atoms with Gasteiger partial charge in [0.1, 0.15) is 5.82 Å². The molecule has 138 valence electrons. The van der Waals surface area contributed by atoms with E-state index in [0.717, 1.165) is 24.5 Å². The van der Waals surface area contributed by atoms with E-state index in [2.05, 4.69) is 25.1 Å². The van der Waals surface area contributed by atoms with E-state index < -0.39 is 0 Å². The van der Waals surface area contributed by atoms with Crippen LogP contribution in [-0.4, -0.2) is 62.9 Å². The number of carbonyl (C=O) groups excluding carboxylic acids is 1. The van der Waals surface area contributed by atoms with Crippen LogP contribution >= 0.6 is 11.8 Å². The lowest BCUT2D eigenvalue weighted by Gasteiger charge is -2.35. The first-order chi connectivity index (χ1) is 13.3. The number of benzene rings is 1. The predicted octanol–water partition coefficient (Wildman–Crippen LogP) is 1.97. The molecule has 4 rings (SSSR count). The Kier molecular flexibility index (Phi) is 5.29. The third-order valence-corrected chi connectivity index (χ3v) is 5.06. The molecular weight excluding hydrogens is 364 g/mol. The quantitative estimate of drug-likeness (QED) is 0.619. The minimum Gasteiger partial charge on any atom is -0.411 e. The van der Waals surface area contributed by atoms with Crippen LogP contribution in [0.2, 0.25) is 0 Å². The lowest BCUT2D eigenvalue weighted by molar-refractivity contribution is -0.128. The first-order valence-electron chi connectivity index (χ1n) is 8.60. The van der Waals surface area contributed by atoms with Gasteiger partial charge in [-0.05, 0) is 12.1 Å². The molecule has 8 nitrogen and oxygen atoms in total. The van der Waals surface area contributed by atoms with E-state index in [1.54, 1.807) is 18.6 Å². The number of hydrogen-bond donors (Lipinski definition) is 0. The Bertz CT molecular complexity index is 881. The van der Waals surface area contributed by atoms with Crippen molar-refractivity contribution in [2.45, 2.75) is 5.22 Å². The minimum absolute atomic E-state index is 0.0678. The Morgan fingerprint density at radius 2 is 1.89 bits per heavy atom. The van der Waals surface area contributed by atoms with Crippen LogP contribution in [0.1, 0.15) is 0 Å². The standard InChI is InChI=1S/C18H18N6O2S/c25-16(24-10-8-23(9-11-24)15-12-19-6-7-20-15)13-27-18-22-21-17(26-18)14-4-2-1-3-5-14/h1-7,12H,8-11,13H2. The second kappa shape index (κ2) is 8.17. The number of thioether (sulfide) groups is 1. The predicted molar refractivity (Wildman–Crippen MR) is 101 cm³/mol. The van der Waals surface area contributed by atoms with Crippen molar-refractivity contribution < 1.29 is 9.21 Å². The second-order valence-electron chi connectivity index (χ2n) is 5.96. The van der Waals surface area contributed by atoms with Crippen LogP contribution in [0.15, 0.2) is 58.6 Å². The fraction of sp³-hybridized carbons (Fsp3) is 0.278. The lowest BCUT2D eigenvalue weighted by atomic mass is 10.2. The van der Waals surface area contributed by atoms with Crippen LogP contribution in [0, 0.1) is 0 Å². The Labute approximate surface area is 160 Å². The summed E-state index contributed by atoms with van der Waals surface area (Å²) >= 11 is 1.27. The molecular formula is C18H18N6O2S. The molecule has 0 N–H and O–H groups in total. The molecule has 0 atom stereocenters. The normalized spacial score (nSPS) is 14.4. The molecule has 1 fully saturated rings. The number of hydrogen-bond acceptors (Lipinski definition) is 8. The summed E-state index contributed by atoms with van der Waals surface area (Å²) in [6, 6.07) is 9.57. The van der Waals surface area contributed by atoms with Gasteiger partial charge in [-0.1, -0.05) is 30.0 Å². The Morgan fingerprint density at radius 1 is 1.07 bits per heavy atom. The maximum absolute atomic E-state index is 12.5. The van der Waals surface area contributed by atoms with Gasteiger partial charge in [0.15, 0.2) is 0 Å². The van der Waals surface area contributed by atoms with Crippen molar-refractivity contribution in [3.63, 3.8) is 0 Å². The average molecular weight is 382 g/mol. The second-order valence-corrected chi connectivity index (χ2v) is 6.89. The van der Waals surface area contributed by atoms with Crippen LogP contribution in [0.4, 0.5) is 5.82 Å². The zero-order chi connectivity index (χ0) is 18.5. The van der Waals surface area contributed by atoms with Gasteiger partial charge in [0.25, 0.3) is 5.22 Å². The van der Waals surface area contributed by atoms with E-state index in [4.69, 9.17) is 4.42 Å². The third kappa shape index (κ3) is 4.25. The molecule has 1 aromatic carbocycles. The van der Waals surface area contributed by atoms with Crippen molar-refractivity contribution in [1.29, 1.82) is 0 Å². The molecule has 1 aliphatic heterocycles. The minimum atomic E-state index is 0.0678. The highest BCUT2D eigenvalue weighted by molar-refractivity contribution is 7.99. The van der Waals surface area contributed by atoms with E-state index in [-0.39, 0.29) is 11.7 Å². The van der Waals surface area contributed by atoms with Gasteiger partial charge in [0.05, 0.1) is 11.9 Å². The Balaban J connectivity index is 1.27. The van der Waals surface area contributed by atoms with Crippen LogP contribution in [0.25, 0.3) is 11.5 Å². The van der Waals surface area contributed by atoms with Crippen molar-refractivity contribution >= 4 is 23.5 Å². The van der Waals surface area contributed by atoms with Crippen LogP contribution < -0.4 is 4.90 Å². The monoisotopic (exact) mass is 382 g/mol. The molecule has 0 radical (unpaired) electrons. The number of amides is 1. The maximum Gasteiger partial charge on any atom is 0.277 e. The van der Waals surface area contributed by atoms with Gasteiger partial charge < -0.3 is 14.2 Å². The largest absolute Gasteiger partial charge is 0.411 e. The van der Waals surface area contributed by atoms with Gasteiger partial charge >= 0.3 is 0 Å². The first kappa shape index (κ1) is 17.5. The van der Waals surface area contributed by atoms with Crippen molar-refractivity contribution in [2.24, 2.45) is 0 Å². The van der Waals surface area contributed by atoms with Gasteiger partial charge in [-0.25, -0.2) is 4.98 Å². The summed E-state index contributed by atoms with van der Waals surface area (Å²) < 4.78 is 5.63. The molecule has 1 aliphatic rings. The highest BCUT2D eigenvalue weighted by atomic mass is 32.2. The molecule has 9 heteroatoms.